The van der Waals surface area contributed by atoms with Crippen LogP contribution in [0.25, 0.3) is 0 Å². The van der Waals surface area contributed by atoms with Crippen LogP contribution in [0.4, 0.5) is 0 Å². The molecule has 1 unspecified atom stereocenters. The first kappa shape index (κ1) is 13.7. The van der Waals surface area contributed by atoms with Gasteiger partial charge in [0.2, 0.25) is 0 Å². The van der Waals surface area contributed by atoms with Crippen LogP contribution in [-0.2, 0) is 6.42 Å². The highest BCUT2D eigenvalue weighted by molar-refractivity contribution is 9.10. The second kappa shape index (κ2) is 5.98. The second-order valence-electron chi connectivity index (χ2n) is 4.98. The molecule has 1 aliphatic heterocycles. The number of fused-ring (bicyclic) bond motifs is 1. The van der Waals surface area contributed by atoms with E-state index in [1.165, 1.54) is 16.7 Å². The Labute approximate surface area is 128 Å². The van der Waals surface area contributed by atoms with Gasteiger partial charge in [-0.2, -0.15) is 0 Å². The summed E-state index contributed by atoms with van der Waals surface area (Å²) in [5, 5.41) is 3.57. The van der Waals surface area contributed by atoms with E-state index in [-0.39, 0.29) is 6.04 Å². The quantitative estimate of drug-likeness (QED) is 0.911. The average Bonchev–Trinajstić information content (AvgIpc) is 2.93. The molecule has 0 aromatic heterocycles. The Balaban J connectivity index is 2.05. The third-order valence-electron chi connectivity index (χ3n) is 3.65. The molecule has 1 heterocycles. The minimum Gasteiger partial charge on any atom is -0.493 e. The highest BCUT2D eigenvalue weighted by Crippen LogP contribution is 2.36. The van der Waals surface area contributed by atoms with Crippen molar-refractivity contribution in [1.82, 2.24) is 5.32 Å². The number of nitrogens with one attached hydrogen (secondary N) is 1. The summed E-state index contributed by atoms with van der Waals surface area (Å²) in [6, 6.07) is 15.1. The van der Waals surface area contributed by atoms with Crippen LogP contribution >= 0.6 is 15.9 Å². The van der Waals surface area contributed by atoms with Gasteiger partial charge in [0, 0.05) is 16.5 Å². The summed E-state index contributed by atoms with van der Waals surface area (Å²) in [5.41, 5.74) is 3.81. The smallest absolute Gasteiger partial charge is 0.127 e. The van der Waals surface area contributed by atoms with E-state index in [0.717, 1.165) is 29.8 Å². The maximum atomic E-state index is 5.86. The Bertz CT molecular complexity index is 612. The molecule has 1 N–H and O–H groups in total. The maximum Gasteiger partial charge on any atom is 0.127 e. The maximum absolute atomic E-state index is 5.86. The lowest BCUT2D eigenvalue weighted by molar-refractivity contribution is 0.350. The Hall–Kier alpha value is -1.32. The van der Waals surface area contributed by atoms with Crippen molar-refractivity contribution in [2.24, 2.45) is 0 Å². The lowest BCUT2D eigenvalue weighted by Crippen LogP contribution is -2.22. The van der Waals surface area contributed by atoms with Crippen molar-refractivity contribution >= 4 is 15.9 Å². The van der Waals surface area contributed by atoms with E-state index in [9.17, 15) is 0 Å². The first-order valence-corrected chi connectivity index (χ1v) is 7.82. The summed E-state index contributed by atoms with van der Waals surface area (Å²) in [5.74, 6) is 1.07. The predicted octanol–water partition coefficient (Wildman–Crippen LogP) is 4.08. The molecule has 3 heteroatoms. The Morgan fingerprint density at radius 2 is 2.10 bits per heavy atom. The molecule has 104 valence electrons. The molecular formula is C17H18BrNO. The molecule has 0 saturated heterocycles. The fraction of sp³-hybridized carbons (Fsp3) is 0.294. The number of hydrogen-bond acceptors (Lipinski definition) is 2. The lowest BCUT2D eigenvalue weighted by Gasteiger charge is -2.21. The van der Waals surface area contributed by atoms with Gasteiger partial charge in [-0.1, -0.05) is 53.2 Å². The van der Waals surface area contributed by atoms with Crippen LogP contribution in [0.3, 0.4) is 0 Å². The average molecular weight is 332 g/mol. The van der Waals surface area contributed by atoms with Crippen LogP contribution in [0, 0.1) is 0 Å². The van der Waals surface area contributed by atoms with Crippen LogP contribution < -0.4 is 10.1 Å². The first-order valence-electron chi connectivity index (χ1n) is 7.03. The van der Waals surface area contributed by atoms with Crippen molar-refractivity contribution in [3.05, 3.63) is 63.6 Å². The third kappa shape index (κ3) is 2.60. The fourth-order valence-electron chi connectivity index (χ4n) is 2.77. The minimum atomic E-state index is 0.172. The van der Waals surface area contributed by atoms with E-state index in [1.807, 2.05) is 0 Å². The monoisotopic (exact) mass is 331 g/mol. The molecule has 1 aliphatic rings. The van der Waals surface area contributed by atoms with Gasteiger partial charge in [-0.25, -0.2) is 0 Å². The molecule has 0 radical (unpaired) electrons. The van der Waals surface area contributed by atoms with E-state index < -0.39 is 0 Å². The molecule has 20 heavy (non-hydrogen) atoms. The van der Waals surface area contributed by atoms with E-state index in [4.69, 9.17) is 4.74 Å². The number of para-hydroxylation sites is 1. The summed E-state index contributed by atoms with van der Waals surface area (Å²) in [7, 11) is 0. The number of benzene rings is 2. The lowest BCUT2D eigenvalue weighted by atomic mass is 9.96. The van der Waals surface area contributed by atoms with Crippen molar-refractivity contribution in [2.75, 3.05) is 13.2 Å². The third-order valence-corrected chi connectivity index (χ3v) is 4.14. The molecule has 2 nitrogen and oxygen atoms in total. The molecule has 0 spiro atoms. The van der Waals surface area contributed by atoms with Crippen molar-refractivity contribution in [3.63, 3.8) is 0 Å². The van der Waals surface area contributed by atoms with Gasteiger partial charge in [-0.3, -0.25) is 0 Å². The van der Waals surface area contributed by atoms with Gasteiger partial charge in [-0.05, 0) is 29.8 Å². The van der Waals surface area contributed by atoms with Gasteiger partial charge >= 0.3 is 0 Å². The zero-order valence-electron chi connectivity index (χ0n) is 11.5. The standard InChI is InChI=1S/C17H18BrNO/c1-2-19-16(13-6-3-7-14(18)11-13)15-8-4-5-12-9-10-20-17(12)15/h3-8,11,16,19H,2,9-10H2,1H3. The minimum absolute atomic E-state index is 0.172. The van der Waals surface area contributed by atoms with Gasteiger partial charge in [-0.15, -0.1) is 0 Å². The molecule has 0 amide bonds. The Morgan fingerprint density at radius 1 is 1.25 bits per heavy atom. The van der Waals surface area contributed by atoms with Gasteiger partial charge < -0.3 is 10.1 Å². The molecular weight excluding hydrogens is 314 g/mol. The first-order chi connectivity index (χ1) is 9.79. The van der Waals surface area contributed by atoms with Crippen molar-refractivity contribution in [3.8, 4) is 5.75 Å². The molecule has 0 aliphatic carbocycles. The highest BCUT2D eigenvalue weighted by atomic mass is 79.9. The Morgan fingerprint density at radius 3 is 2.90 bits per heavy atom. The molecule has 1 atom stereocenters. The number of ether oxygens (including phenoxy) is 1. The van der Waals surface area contributed by atoms with E-state index in [0.29, 0.717) is 0 Å². The largest absolute Gasteiger partial charge is 0.493 e. The second-order valence-corrected chi connectivity index (χ2v) is 5.90. The van der Waals surface area contributed by atoms with E-state index in [2.05, 4.69) is 70.6 Å². The molecule has 3 rings (SSSR count). The zero-order chi connectivity index (χ0) is 13.9. The summed E-state index contributed by atoms with van der Waals surface area (Å²) in [6.45, 7) is 3.85. The van der Waals surface area contributed by atoms with Crippen LogP contribution in [-0.4, -0.2) is 13.2 Å². The molecule has 2 aromatic rings. The SMILES string of the molecule is CCNC(c1cccc(Br)c1)c1cccc2c1OCC2. The molecule has 2 aromatic carbocycles. The van der Waals surface area contributed by atoms with Gasteiger partial charge in [0.1, 0.15) is 5.75 Å². The Kier molecular flexibility index (Phi) is 4.08. The number of halogens is 1. The summed E-state index contributed by atoms with van der Waals surface area (Å²) >= 11 is 3.56. The van der Waals surface area contributed by atoms with Gasteiger partial charge in [0.15, 0.2) is 0 Å². The summed E-state index contributed by atoms with van der Waals surface area (Å²) in [6.07, 6.45) is 1.01. The fourth-order valence-corrected chi connectivity index (χ4v) is 3.18. The molecule has 0 fully saturated rings. The number of hydrogen-bond donors (Lipinski definition) is 1. The van der Waals surface area contributed by atoms with Crippen LogP contribution in [0.1, 0.15) is 29.7 Å². The number of rotatable bonds is 4. The zero-order valence-corrected chi connectivity index (χ0v) is 13.1. The predicted molar refractivity (Wildman–Crippen MR) is 85.3 cm³/mol. The van der Waals surface area contributed by atoms with E-state index >= 15 is 0 Å². The van der Waals surface area contributed by atoms with Crippen molar-refractivity contribution in [2.45, 2.75) is 19.4 Å². The highest BCUT2D eigenvalue weighted by Gasteiger charge is 2.22. The van der Waals surface area contributed by atoms with Crippen LogP contribution in [0.2, 0.25) is 0 Å². The van der Waals surface area contributed by atoms with Crippen molar-refractivity contribution < 1.29 is 4.74 Å². The summed E-state index contributed by atoms with van der Waals surface area (Å²) < 4.78 is 6.96. The van der Waals surface area contributed by atoms with E-state index in [1.54, 1.807) is 0 Å². The molecule has 0 saturated carbocycles. The summed E-state index contributed by atoms with van der Waals surface area (Å²) in [4.78, 5) is 0. The van der Waals surface area contributed by atoms with Crippen molar-refractivity contribution in [1.29, 1.82) is 0 Å². The molecule has 0 bridgehead atoms. The van der Waals surface area contributed by atoms with Crippen LogP contribution in [0.5, 0.6) is 5.75 Å². The van der Waals surface area contributed by atoms with Gasteiger partial charge in [0.25, 0.3) is 0 Å². The van der Waals surface area contributed by atoms with Crippen LogP contribution in [0.15, 0.2) is 46.9 Å². The normalized spacial score (nSPS) is 14.7. The topological polar surface area (TPSA) is 21.3 Å². The van der Waals surface area contributed by atoms with Gasteiger partial charge in [0.05, 0.1) is 12.6 Å².